The lowest BCUT2D eigenvalue weighted by Gasteiger charge is -2.40. The second-order valence-electron chi connectivity index (χ2n) is 6.15. The number of nitrogens with zero attached hydrogens (tertiary/aromatic N) is 2. The number of hydrogen-bond acceptors (Lipinski definition) is 3. The topological polar surface area (TPSA) is 32.5 Å². The Kier molecular flexibility index (Phi) is 6.51. The lowest BCUT2D eigenvalue weighted by atomic mass is 10.0. The summed E-state index contributed by atoms with van der Waals surface area (Å²) in [4.78, 5) is 5.04. The smallest absolute Gasteiger partial charge is 0.0482 e. The molecule has 0 aromatic heterocycles. The van der Waals surface area contributed by atoms with Crippen molar-refractivity contribution in [3.05, 3.63) is 33.3 Å². The molecule has 2 N–H and O–H groups in total. The maximum absolute atomic E-state index is 6.05. The first-order chi connectivity index (χ1) is 10.0. The minimum absolute atomic E-state index is 0.262. The first kappa shape index (κ1) is 17.2. The molecule has 1 atom stereocenters. The quantitative estimate of drug-likeness (QED) is 0.857. The highest BCUT2D eigenvalue weighted by molar-refractivity contribution is 9.10. The zero-order chi connectivity index (χ0) is 15.4. The first-order valence-corrected chi connectivity index (χ1v) is 8.79. The fraction of sp³-hybridized carbons (Fsp3) is 0.625. The zero-order valence-electron chi connectivity index (χ0n) is 12.9. The van der Waals surface area contributed by atoms with Gasteiger partial charge in [0.15, 0.2) is 0 Å². The van der Waals surface area contributed by atoms with Crippen LogP contribution in [-0.2, 0) is 0 Å². The second kappa shape index (κ2) is 7.93. The Morgan fingerprint density at radius 1 is 1.24 bits per heavy atom. The Balaban J connectivity index is 2.02. The van der Waals surface area contributed by atoms with Crippen LogP contribution in [0.2, 0.25) is 5.02 Å². The van der Waals surface area contributed by atoms with Crippen molar-refractivity contribution >= 4 is 27.5 Å². The summed E-state index contributed by atoms with van der Waals surface area (Å²) in [7, 11) is 0. The molecule has 1 aliphatic heterocycles. The summed E-state index contributed by atoms with van der Waals surface area (Å²) in [6.07, 6.45) is 0. The molecule has 0 radical (unpaired) electrons. The van der Waals surface area contributed by atoms with Crippen LogP contribution in [0.3, 0.4) is 0 Å². The van der Waals surface area contributed by atoms with Crippen molar-refractivity contribution in [1.29, 1.82) is 0 Å². The highest BCUT2D eigenvalue weighted by atomic mass is 79.9. The Morgan fingerprint density at radius 3 is 2.43 bits per heavy atom. The predicted molar refractivity (Wildman–Crippen MR) is 93.8 cm³/mol. The van der Waals surface area contributed by atoms with Crippen LogP contribution < -0.4 is 5.73 Å². The number of hydrogen-bond donors (Lipinski definition) is 1. The Labute approximate surface area is 141 Å². The number of rotatable bonds is 5. The SMILES string of the molecule is CC(C)CN1CCN(C(CN)c2ccc(Cl)cc2Br)CC1. The minimum Gasteiger partial charge on any atom is -0.329 e. The molecule has 118 valence electrons. The molecule has 1 aromatic carbocycles. The van der Waals surface area contributed by atoms with Gasteiger partial charge >= 0.3 is 0 Å². The highest BCUT2D eigenvalue weighted by Gasteiger charge is 2.25. The molecule has 1 heterocycles. The van der Waals surface area contributed by atoms with Crippen molar-refractivity contribution in [3.63, 3.8) is 0 Å². The van der Waals surface area contributed by atoms with E-state index in [1.807, 2.05) is 12.1 Å². The standard InChI is InChI=1S/C16H25BrClN3/c1-12(2)11-20-5-7-21(8-6-20)16(10-19)14-4-3-13(18)9-15(14)17/h3-4,9,12,16H,5-8,10-11,19H2,1-2H3. The highest BCUT2D eigenvalue weighted by Crippen LogP contribution is 2.30. The van der Waals surface area contributed by atoms with E-state index in [9.17, 15) is 0 Å². The van der Waals surface area contributed by atoms with Gasteiger partial charge in [0.2, 0.25) is 0 Å². The van der Waals surface area contributed by atoms with Crippen molar-refractivity contribution in [2.75, 3.05) is 39.3 Å². The summed E-state index contributed by atoms with van der Waals surface area (Å²) in [6.45, 7) is 10.8. The predicted octanol–water partition coefficient (Wildman–Crippen LogP) is 3.38. The lowest BCUT2D eigenvalue weighted by Crippen LogP contribution is -2.49. The first-order valence-electron chi connectivity index (χ1n) is 7.62. The van der Waals surface area contributed by atoms with E-state index in [0.717, 1.165) is 41.6 Å². The normalized spacial score (nSPS) is 19.1. The molecule has 0 spiro atoms. The molecular weight excluding hydrogens is 350 g/mol. The summed E-state index contributed by atoms with van der Waals surface area (Å²) < 4.78 is 1.05. The van der Waals surface area contributed by atoms with Crippen molar-refractivity contribution in [2.45, 2.75) is 19.9 Å². The molecule has 1 aliphatic rings. The number of benzene rings is 1. The summed E-state index contributed by atoms with van der Waals surface area (Å²) in [5, 5.41) is 0.753. The summed E-state index contributed by atoms with van der Waals surface area (Å²) >= 11 is 9.66. The molecule has 0 bridgehead atoms. The minimum atomic E-state index is 0.262. The van der Waals surface area contributed by atoms with E-state index in [-0.39, 0.29) is 6.04 Å². The van der Waals surface area contributed by atoms with Gasteiger partial charge in [0, 0.05) is 54.8 Å². The van der Waals surface area contributed by atoms with Crippen LogP contribution in [0.5, 0.6) is 0 Å². The van der Waals surface area contributed by atoms with E-state index in [4.69, 9.17) is 17.3 Å². The molecule has 0 amide bonds. The van der Waals surface area contributed by atoms with E-state index in [1.165, 1.54) is 12.1 Å². The van der Waals surface area contributed by atoms with Crippen LogP contribution in [-0.4, -0.2) is 49.1 Å². The van der Waals surface area contributed by atoms with Crippen LogP contribution in [0, 0.1) is 5.92 Å². The van der Waals surface area contributed by atoms with Gasteiger partial charge in [0.25, 0.3) is 0 Å². The van der Waals surface area contributed by atoms with Gasteiger partial charge in [-0.25, -0.2) is 0 Å². The van der Waals surface area contributed by atoms with E-state index in [1.54, 1.807) is 0 Å². The van der Waals surface area contributed by atoms with Gasteiger partial charge in [0.1, 0.15) is 0 Å². The number of halogens is 2. The van der Waals surface area contributed by atoms with Gasteiger partial charge in [-0.2, -0.15) is 0 Å². The fourth-order valence-electron chi connectivity index (χ4n) is 3.02. The summed E-state index contributed by atoms with van der Waals surface area (Å²) in [5.41, 5.74) is 7.28. The maximum atomic E-state index is 6.05. The molecule has 0 aliphatic carbocycles. The number of nitrogens with two attached hydrogens (primary N) is 1. The Morgan fingerprint density at radius 2 is 1.90 bits per heavy atom. The largest absolute Gasteiger partial charge is 0.329 e. The van der Waals surface area contributed by atoms with Crippen molar-refractivity contribution < 1.29 is 0 Å². The average molecular weight is 375 g/mol. The monoisotopic (exact) mass is 373 g/mol. The molecule has 1 saturated heterocycles. The van der Waals surface area contributed by atoms with Gasteiger partial charge in [-0.3, -0.25) is 4.90 Å². The third-order valence-corrected chi connectivity index (χ3v) is 4.94. The number of piperazine rings is 1. The zero-order valence-corrected chi connectivity index (χ0v) is 15.2. The molecule has 0 saturated carbocycles. The molecule has 3 nitrogen and oxygen atoms in total. The second-order valence-corrected chi connectivity index (χ2v) is 7.44. The van der Waals surface area contributed by atoms with E-state index >= 15 is 0 Å². The third-order valence-electron chi connectivity index (χ3n) is 4.02. The average Bonchev–Trinajstić information content (AvgIpc) is 2.43. The van der Waals surface area contributed by atoms with Gasteiger partial charge in [-0.1, -0.05) is 47.4 Å². The molecule has 1 aromatic rings. The molecule has 1 fully saturated rings. The molecular formula is C16H25BrClN3. The van der Waals surface area contributed by atoms with Gasteiger partial charge in [-0.15, -0.1) is 0 Å². The molecule has 2 rings (SSSR count). The molecule has 1 unspecified atom stereocenters. The van der Waals surface area contributed by atoms with Crippen LogP contribution >= 0.6 is 27.5 Å². The van der Waals surface area contributed by atoms with Crippen LogP contribution in [0.1, 0.15) is 25.5 Å². The molecule has 5 heteroatoms. The van der Waals surface area contributed by atoms with Crippen LogP contribution in [0.25, 0.3) is 0 Å². The fourth-order valence-corrected chi connectivity index (χ4v) is 3.97. The van der Waals surface area contributed by atoms with Crippen LogP contribution in [0.15, 0.2) is 22.7 Å². The van der Waals surface area contributed by atoms with E-state index in [2.05, 4.69) is 45.6 Å². The van der Waals surface area contributed by atoms with E-state index in [0.29, 0.717) is 6.54 Å². The Bertz CT molecular complexity index is 459. The summed E-state index contributed by atoms with van der Waals surface area (Å²) in [6, 6.07) is 6.25. The molecule has 21 heavy (non-hydrogen) atoms. The van der Waals surface area contributed by atoms with Gasteiger partial charge in [0.05, 0.1) is 0 Å². The Hall–Kier alpha value is -0.130. The van der Waals surface area contributed by atoms with Crippen LogP contribution in [0.4, 0.5) is 0 Å². The van der Waals surface area contributed by atoms with Crippen molar-refractivity contribution in [3.8, 4) is 0 Å². The maximum Gasteiger partial charge on any atom is 0.0482 e. The van der Waals surface area contributed by atoms with Gasteiger partial charge in [-0.05, 0) is 23.6 Å². The van der Waals surface area contributed by atoms with E-state index < -0.39 is 0 Å². The summed E-state index contributed by atoms with van der Waals surface area (Å²) in [5.74, 6) is 0.729. The third kappa shape index (κ3) is 4.67. The van der Waals surface area contributed by atoms with Crippen molar-refractivity contribution in [1.82, 2.24) is 9.80 Å². The lowest BCUT2D eigenvalue weighted by molar-refractivity contribution is 0.0910. The van der Waals surface area contributed by atoms with Crippen molar-refractivity contribution in [2.24, 2.45) is 11.7 Å². The van der Waals surface area contributed by atoms with Gasteiger partial charge < -0.3 is 10.6 Å².